The predicted octanol–water partition coefficient (Wildman–Crippen LogP) is 4.21. The van der Waals surface area contributed by atoms with Crippen molar-refractivity contribution in [2.75, 3.05) is 11.9 Å². The summed E-state index contributed by atoms with van der Waals surface area (Å²) in [5.74, 6) is -0.475. The van der Waals surface area contributed by atoms with Crippen LogP contribution in [0.3, 0.4) is 0 Å². The van der Waals surface area contributed by atoms with Crippen molar-refractivity contribution in [2.24, 2.45) is 0 Å². The fraction of sp³-hybridized carbons (Fsp3) is 0.500. The molecule has 116 valence electrons. The van der Waals surface area contributed by atoms with Crippen LogP contribution >= 0.6 is 34.8 Å². The molecule has 2 rings (SSSR count). The third-order valence-corrected chi connectivity index (χ3v) is 3.65. The molecule has 0 radical (unpaired) electrons. The van der Waals surface area contributed by atoms with Crippen LogP contribution in [0.4, 0.5) is 5.69 Å². The van der Waals surface area contributed by atoms with Crippen molar-refractivity contribution in [3.8, 4) is 0 Å². The smallest absolute Gasteiger partial charge is 0.340 e. The van der Waals surface area contributed by atoms with Crippen molar-refractivity contribution in [3.05, 3.63) is 29.8 Å². The first-order valence-electron chi connectivity index (χ1n) is 6.67. The molecule has 0 bridgehead atoms. The van der Waals surface area contributed by atoms with Gasteiger partial charge in [0.2, 0.25) is 3.79 Å². The summed E-state index contributed by atoms with van der Waals surface area (Å²) in [6, 6.07) is 7.22. The second-order valence-electron chi connectivity index (χ2n) is 4.69. The summed E-state index contributed by atoms with van der Waals surface area (Å²) >= 11 is 17.6. The SMILES string of the molecule is CCCCOC(=O)C1OC(C(Cl)(Cl)Cl)Nc2ccccc21. The molecule has 1 N–H and O–H groups in total. The molecule has 2 atom stereocenters. The first kappa shape index (κ1) is 16.7. The third-order valence-electron chi connectivity index (χ3n) is 3.06. The van der Waals surface area contributed by atoms with E-state index in [9.17, 15) is 4.79 Å². The van der Waals surface area contributed by atoms with Gasteiger partial charge in [-0.05, 0) is 12.5 Å². The summed E-state index contributed by atoms with van der Waals surface area (Å²) in [7, 11) is 0. The third kappa shape index (κ3) is 4.16. The largest absolute Gasteiger partial charge is 0.464 e. The molecule has 1 aliphatic rings. The Kier molecular flexibility index (Phi) is 5.60. The number of halogens is 3. The maximum atomic E-state index is 12.2. The quantitative estimate of drug-likeness (QED) is 0.501. The van der Waals surface area contributed by atoms with E-state index in [0.29, 0.717) is 17.9 Å². The van der Waals surface area contributed by atoms with Crippen LogP contribution in [-0.2, 0) is 14.3 Å². The first-order chi connectivity index (χ1) is 9.93. The van der Waals surface area contributed by atoms with Gasteiger partial charge in [0.1, 0.15) is 0 Å². The Morgan fingerprint density at radius 3 is 2.76 bits per heavy atom. The normalized spacial score (nSPS) is 21.3. The van der Waals surface area contributed by atoms with E-state index in [1.54, 1.807) is 12.1 Å². The molecule has 21 heavy (non-hydrogen) atoms. The van der Waals surface area contributed by atoms with Gasteiger partial charge >= 0.3 is 5.97 Å². The second-order valence-corrected chi connectivity index (χ2v) is 7.06. The minimum Gasteiger partial charge on any atom is -0.464 e. The van der Waals surface area contributed by atoms with E-state index in [1.165, 1.54) is 0 Å². The lowest BCUT2D eigenvalue weighted by Crippen LogP contribution is -2.42. The summed E-state index contributed by atoms with van der Waals surface area (Å²) in [5.41, 5.74) is 1.36. The van der Waals surface area contributed by atoms with E-state index in [4.69, 9.17) is 44.3 Å². The van der Waals surface area contributed by atoms with E-state index in [1.807, 2.05) is 19.1 Å². The van der Waals surface area contributed by atoms with Gasteiger partial charge in [-0.15, -0.1) is 0 Å². The van der Waals surface area contributed by atoms with Gasteiger partial charge in [-0.2, -0.15) is 0 Å². The van der Waals surface area contributed by atoms with Crippen LogP contribution in [-0.4, -0.2) is 22.6 Å². The summed E-state index contributed by atoms with van der Waals surface area (Å²) in [6.07, 6.45) is -0.0963. The van der Waals surface area contributed by atoms with Crippen molar-refractivity contribution in [3.63, 3.8) is 0 Å². The number of nitrogens with one attached hydrogen (secondary N) is 1. The number of alkyl halides is 3. The number of fused-ring (bicyclic) bond motifs is 1. The van der Waals surface area contributed by atoms with Crippen LogP contribution < -0.4 is 5.32 Å². The molecule has 2 unspecified atom stereocenters. The van der Waals surface area contributed by atoms with Gasteiger partial charge in [0.15, 0.2) is 12.3 Å². The Hall–Kier alpha value is -0.680. The summed E-state index contributed by atoms with van der Waals surface area (Å²) < 4.78 is 9.11. The fourth-order valence-electron chi connectivity index (χ4n) is 1.98. The number of hydrogen-bond acceptors (Lipinski definition) is 4. The number of ether oxygens (including phenoxy) is 2. The number of unbranched alkanes of at least 4 members (excludes halogenated alkanes) is 1. The molecule has 0 amide bonds. The standard InChI is InChI=1S/C14H16Cl3NO3/c1-2-3-8-20-12(19)11-9-6-4-5-7-10(9)18-13(21-11)14(15,16)17/h4-7,11,13,18H,2-3,8H2,1H3. The van der Waals surface area contributed by atoms with E-state index < -0.39 is 22.1 Å². The lowest BCUT2D eigenvalue weighted by atomic mass is 10.1. The first-order valence-corrected chi connectivity index (χ1v) is 7.81. The average molecular weight is 353 g/mol. The number of carbonyl (C=O) groups is 1. The molecular formula is C14H16Cl3NO3. The van der Waals surface area contributed by atoms with Crippen LogP contribution in [0.25, 0.3) is 0 Å². The van der Waals surface area contributed by atoms with Crippen molar-refractivity contribution in [1.82, 2.24) is 0 Å². The minimum absolute atomic E-state index is 0.350. The Bertz CT molecular complexity index is 504. The van der Waals surface area contributed by atoms with E-state index in [2.05, 4.69) is 5.32 Å². The van der Waals surface area contributed by atoms with Crippen molar-refractivity contribution in [2.45, 2.75) is 35.9 Å². The van der Waals surface area contributed by atoms with Crippen LogP contribution in [0.1, 0.15) is 31.4 Å². The number of para-hydroxylation sites is 1. The van der Waals surface area contributed by atoms with Crippen molar-refractivity contribution in [1.29, 1.82) is 0 Å². The minimum atomic E-state index is -1.70. The van der Waals surface area contributed by atoms with E-state index >= 15 is 0 Å². The lowest BCUT2D eigenvalue weighted by molar-refractivity contribution is -0.161. The molecule has 0 aromatic heterocycles. The zero-order valence-corrected chi connectivity index (χ0v) is 13.7. The highest BCUT2D eigenvalue weighted by atomic mass is 35.6. The number of rotatable bonds is 4. The number of esters is 1. The second kappa shape index (κ2) is 7.05. The van der Waals surface area contributed by atoms with Crippen LogP contribution in [0.5, 0.6) is 0 Å². The van der Waals surface area contributed by atoms with E-state index in [0.717, 1.165) is 12.8 Å². The molecule has 1 aliphatic heterocycles. The fourth-order valence-corrected chi connectivity index (χ4v) is 2.29. The van der Waals surface area contributed by atoms with Crippen LogP contribution in [0, 0.1) is 0 Å². The molecule has 1 aromatic carbocycles. The van der Waals surface area contributed by atoms with Crippen molar-refractivity contribution < 1.29 is 14.3 Å². The summed E-state index contributed by atoms with van der Waals surface area (Å²) in [6.45, 7) is 2.37. The van der Waals surface area contributed by atoms with Gasteiger partial charge in [0.05, 0.1) is 6.61 Å². The summed E-state index contributed by atoms with van der Waals surface area (Å²) in [4.78, 5) is 12.2. The molecule has 0 aliphatic carbocycles. The van der Waals surface area contributed by atoms with Gasteiger partial charge < -0.3 is 14.8 Å². The van der Waals surface area contributed by atoms with Gasteiger partial charge in [-0.25, -0.2) is 4.79 Å². The number of carbonyl (C=O) groups excluding carboxylic acids is 1. The number of anilines is 1. The molecule has 4 nitrogen and oxygen atoms in total. The van der Waals surface area contributed by atoms with E-state index in [-0.39, 0.29) is 0 Å². The molecule has 1 aromatic rings. The molecule has 0 fully saturated rings. The highest BCUT2D eigenvalue weighted by Crippen LogP contribution is 2.41. The van der Waals surface area contributed by atoms with Gasteiger partial charge in [-0.1, -0.05) is 66.3 Å². The monoisotopic (exact) mass is 351 g/mol. The topological polar surface area (TPSA) is 47.6 Å². The maximum absolute atomic E-state index is 12.2. The Labute approximate surface area is 138 Å². The maximum Gasteiger partial charge on any atom is 0.340 e. The number of hydrogen-bond donors (Lipinski definition) is 1. The summed E-state index contributed by atoms with van der Waals surface area (Å²) in [5, 5.41) is 2.96. The molecular weight excluding hydrogens is 337 g/mol. The Morgan fingerprint density at radius 2 is 2.10 bits per heavy atom. The molecule has 0 saturated heterocycles. The predicted molar refractivity (Wildman–Crippen MR) is 83.8 cm³/mol. The van der Waals surface area contributed by atoms with Crippen LogP contribution in [0.2, 0.25) is 0 Å². The molecule has 0 spiro atoms. The lowest BCUT2D eigenvalue weighted by Gasteiger charge is -2.35. The van der Waals surface area contributed by atoms with Gasteiger partial charge in [0, 0.05) is 11.3 Å². The zero-order valence-electron chi connectivity index (χ0n) is 11.4. The highest BCUT2D eigenvalue weighted by molar-refractivity contribution is 6.68. The average Bonchev–Trinajstić information content (AvgIpc) is 2.45. The van der Waals surface area contributed by atoms with Gasteiger partial charge in [-0.3, -0.25) is 0 Å². The van der Waals surface area contributed by atoms with Gasteiger partial charge in [0.25, 0.3) is 0 Å². The molecule has 1 heterocycles. The van der Waals surface area contributed by atoms with Crippen LogP contribution in [0.15, 0.2) is 24.3 Å². The Balaban J connectivity index is 2.20. The highest BCUT2D eigenvalue weighted by Gasteiger charge is 2.42. The molecule has 0 saturated carbocycles. The van der Waals surface area contributed by atoms with Crippen molar-refractivity contribution >= 4 is 46.5 Å². The zero-order chi connectivity index (χ0) is 15.5. The Morgan fingerprint density at radius 1 is 1.38 bits per heavy atom. The molecule has 7 heteroatoms. The number of benzene rings is 1.